The largest absolute Gasteiger partial charge is 0.744 e. The smallest absolute Gasteiger partial charge is 0.333 e. The molecule has 0 spiro atoms. The minimum atomic E-state index is -4.90. The van der Waals surface area contributed by atoms with E-state index in [0.717, 1.165) is 46.6 Å². The number of fused-ring (bicyclic) bond motifs is 3. The number of allylic oxidation sites excluding steroid dienone is 10. The Kier molecular flexibility index (Phi) is 22.5. The van der Waals surface area contributed by atoms with Crippen LogP contribution in [-0.4, -0.2) is 150 Å². The third-order valence-corrected chi connectivity index (χ3v) is 15.9. The predicted molar refractivity (Wildman–Crippen MR) is 310 cm³/mol. The van der Waals surface area contributed by atoms with Crippen molar-refractivity contribution < 1.29 is 78.2 Å². The van der Waals surface area contributed by atoms with E-state index in [1.165, 1.54) is 18.2 Å². The Morgan fingerprint density at radius 1 is 0.780 bits per heavy atom. The lowest BCUT2D eigenvalue weighted by Crippen LogP contribution is -2.46. The van der Waals surface area contributed by atoms with Crippen molar-refractivity contribution in [1.29, 1.82) is 0 Å². The third-order valence-electron chi connectivity index (χ3n) is 14.3. The van der Waals surface area contributed by atoms with E-state index < -0.39 is 54.1 Å². The summed E-state index contributed by atoms with van der Waals surface area (Å²) in [6.07, 6.45) is 18.2. The van der Waals surface area contributed by atoms with Gasteiger partial charge in [0.1, 0.15) is 28.2 Å². The fourth-order valence-corrected chi connectivity index (χ4v) is 11.3. The summed E-state index contributed by atoms with van der Waals surface area (Å²) in [4.78, 5) is 44.1. The molecule has 82 heavy (non-hydrogen) atoms. The third kappa shape index (κ3) is 17.1. The van der Waals surface area contributed by atoms with Gasteiger partial charge in [-0.05, 0) is 82.4 Å². The topological polar surface area (TPSA) is 237 Å². The SMILES string of the molecule is CCCOCCOCCOCCOCCOCCN1c2cc3c(cc2C(C)=CC1(C)C)/C(=C/C=C/C=C/C=C/C1=[N+](CCCS(=O)(=O)O)c2ccc(S(=O)(=O)[O-])cc2C1(C)CCCC(=O)ON1C(=O)CCC1=O)C=C(c1ccccc1)O3. The summed E-state index contributed by atoms with van der Waals surface area (Å²) in [5.41, 5.74) is 6.12. The molecule has 0 radical (unpaired) electrons. The van der Waals surface area contributed by atoms with Gasteiger partial charge >= 0.3 is 5.97 Å². The van der Waals surface area contributed by atoms with Crippen molar-refractivity contribution in [2.45, 2.75) is 95.4 Å². The highest BCUT2D eigenvalue weighted by molar-refractivity contribution is 7.86. The van der Waals surface area contributed by atoms with Gasteiger partial charge in [-0.2, -0.15) is 13.0 Å². The first-order chi connectivity index (χ1) is 39.2. The Morgan fingerprint density at radius 3 is 2.04 bits per heavy atom. The number of rotatable bonds is 32. The van der Waals surface area contributed by atoms with Gasteiger partial charge in [0.15, 0.2) is 5.71 Å². The molecule has 4 heterocycles. The molecule has 3 aromatic rings. The zero-order valence-electron chi connectivity index (χ0n) is 47.3. The van der Waals surface area contributed by atoms with Crippen LogP contribution in [0.15, 0.2) is 120 Å². The summed E-state index contributed by atoms with van der Waals surface area (Å²) >= 11 is 0. The maximum absolute atomic E-state index is 12.9. The predicted octanol–water partition coefficient (Wildman–Crippen LogP) is 8.68. The van der Waals surface area contributed by atoms with E-state index >= 15 is 0 Å². The van der Waals surface area contributed by atoms with Crippen LogP contribution in [-0.2, 0) is 68.6 Å². The van der Waals surface area contributed by atoms with Gasteiger partial charge in [-0.25, -0.2) is 13.2 Å². The highest BCUT2D eigenvalue weighted by Gasteiger charge is 2.48. The maximum atomic E-state index is 12.9. The molecule has 4 aliphatic heterocycles. The number of nitrogens with zero attached hydrogens (tertiary/aromatic N) is 3. The van der Waals surface area contributed by atoms with Gasteiger partial charge in [-0.15, -0.1) is 5.06 Å². The Balaban J connectivity index is 1.07. The molecular formula is C61H75N3O16S2. The average molecular weight is 1170 g/mol. The number of hydroxylamine groups is 2. The molecule has 21 heteroatoms. The van der Waals surface area contributed by atoms with Crippen molar-refractivity contribution in [3.63, 3.8) is 0 Å². The van der Waals surface area contributed by atoms with Gasteiger partial charge < -0.3 is 42.7 Å². The molecule has 442 valence electrons. The molecule has 1 fully saturated rings. The van der Waals surface area contributed by atoms with Crippen LogP contribution in [0.2, 0.25) is 0 Å². The van der Waals surface area contributed by atoms with Crippen molar-refractivity contribution in [2.24, 2.45) is 0 Å². The van der Waals surface area contributed by atoms with Gasteiger partial charge in [-0.3, -0.25) is 14.1 Å². The number of carbonyl (C=O) groups excluding carboxylic acids is 3. The van der Waals surface area contributed by atoms with Crippen LogP contribution < -0.4 is 9.64 Å². The highest BCUT2D eigenvalue weighted by Crippen LogP contribution is 2.47. The first-order valence-corrected chi connectivity index (χ1v) is 30.7. The highest BCUT2D eigenvalue weighted by atomic mass is 32.2. The number of imide groups is 1. The van der Waals surface area contributed by atoms with Crippen molar-refractivity contribution in [2.75, 3.05) is 89.8 Å². The molecule has 2 amide bonds. The molecule has 0 aliphatic carbocycles. The summed E-state index contributed by atoms with van der Waals surface area (Å²) in [7, 11) is -9.24. The average Bonchev–Trinajstić information content (AvgIpc) is 2.10. The number of carbonyl (C=O) groups is 3. The molecule has 0 saturated carbocycles. The molecule has 0 aromatic heterocycles. The summed E-state index contributed by atoms with van der Waals surface area (Å²) in [6, 6.07) is 18.1. The second-order valence-electron chi connectivity index (χ2n) is 20.8. The van der Waals surface area contributed by atoms with Crippen molar-refractivity contribution in [3.8, 4) is 5.75 Å². The number of ether oxygens (including phenoxy) is 6. The Labute approximate surface area is 481 Å². The van der Waals surface area contributed by atoms with Gasteiger partial charge in [0.05, 0.1) is 81.1 Å². The maximum Gasteiger partial charge on any atom is 0.333 e. The molecule has 3 aromatic carbocycles. The van der Waals surface area contributed by atoms with Crippen LogP contribution in [0.1, 0.15) is 102 Å². The Morgan fingerprint density at radius 2 is 1.40 bits per heavy atom. The first-order valence-electron chi connectivity index (χ1n) is 27.7. The molecule has 1 atom stereocenters. The zero-order valence-corrected chi connectivity index (χ0v) is 49.0. The minimum Gasteiger partial charge on any atom is -0.744 e. The molecule has 0 bridgehead atoms. The number of amides is 2. The second-order valence-corrected chi connectivity index (χ2v) is 23.8. The van der Waals surface area contributed by atoms with Crippen molar-refractivity contribution in [1.82, 2.24) is 5.06 Å². The molecule has 1 saturated heterocycles. The van der Waals surface area contributed by atoms with Gasteiger partial charge in [0.25, 0.3) is 21.9 Å². The molecule has 7 rings (SSSR count). The number of anilines is 1. The van der Waals surface area contributed by atoms with E-state index in [1.54, 1.807) is 22.8 Å². The van der Waals surface area contributed by atoms with E-state index in [1.807, 2.05) is 67.6 Å². The minimum absolute atomic E-state index is 0.00828. The lowest BCUT2D eigenvalue weighted by molar-refractivity contribution is -0.437. The van der Waals surface area contributed by atoms with E-state index in [9.17, 15) is 40.3 Å². The Bertz CT molecular complexity index is 3220. The van der Waals surface area contributed by atoms with Gasteiger partial charge in [0.2, 0.25) is 5.69 Å². The van der Waals surface area contributed by atoms with Crippen LogP contribution in [0.25, 0.3) is 16.9 Å². The lowest BCUT2D eigenvalue weighted by Gasteiger charge is -2.44. The Hall–Kier alpha value is -6.40. The van der Waals surface area contributed by atoms with Crippen LogP contribution in [0.3, 0.4) is 0 Å². The number of hydrogen-bond acceptors (Lipinski definition) is 16. The second kappa shape index (κ2) is 29.2. The van der Waals surface area contributed by atoms with E-state index in [4.69, 9.17) is 33.3 Å². The van der Waals surface area contributed by atoms with Crippen LogP contribution in [0.5, 0.6) is 5.75 Å². The van der Waals surface area contributed by atoms with Crippen molar-refractivity contribution in [3.05, 3.63) is 138 Å². The molecule has 4 aliphatic rings. The van der Waals surface area contributed by atoms with E-state index in [-0.39, 0.29) is 50.6 Å². The van der Waals surface area contributed by atoms with Crippen LogP contribution in [0.4, 0.5) is 11.4 Å². The molecule has 19 nitrogen and oxygen atoms in total. The van der Waals surface area contributed by atoms with Crippen LogP contribution >= 0.6 is 0 Å². The molecular weight excluding hydrogens is 1090 g/mol. The fraction of sp³-hybridized carbons (Fsp3) is 0.443. The summed E-state index contributed by atoms with van der Waals surface area (Å²) in [6.45, 7) is 16.3. The molecule has 1 unspecified atom stereocenters. The van der Waals surface area contributed by atoms with Gasteiger partial charge in [-0.1, -0.05) is 79.8 Å². The monoisotopic (exact) mass is 1170 g/mol. The normalized spacial score (nSPS) is 18.5. The van der Waals surface area contributed by atoms with Crippen molar-refractivity contribution >= 4 is 72.0 Å². The van der Waals surface area contributed by atoms with E-state index in [0.29, 0.717) is 99.5 Å². The summed E-state index contributed by atoms with van der Waals surface area (Å²) < 4.78 is 107. The molecule has 1 N–H and O–H groups in total. The summed E-state index contributed by atoms with van der Waals surface area (Å²) in [5.74, 6) is -1.22. The first kappa shape index (κ1) is 63.2. The van der Waals surface area contributed by atoms with Crippen LogP contribution in [0, 0.1) is 0 Å². The summed E-state index contributed by atoms with van der Waals surface area (Å²) in [5, 5.41) is 0.471. The number of hydrogen-bond donors (Lipinski definition) is 1. The lowest BCUT2D eigenvalue weighted by atomic mass is 9.75. The quantitative estimate of drug-likeness (QED) is 0.0202. The fourth-order valence-electron chi connectivity index (χ4n) is 10.3. The standard InChI is InChI=1S/C61H75N3O16S2/c1-6-29-74-31-33-76-35-37-78-38-36-77-34-32-75-30-28-63-53-43-55-50(42-49(53)45(2)44-60(63,3)4)47(40-54(79-55)46-17-12-10-13-18-46)19-11-8-7-9-14-20-56-61(5,26-15-21-59(67)80-64-57(65)24-25-58(64)66)51-41-48(82(71,72)73)22-23-52(51)62(56)27-16-39-81(68,69)70/h7-14,17-20,22-23,40-44H,6,15-16,21,24-39H2,1-5H3,(H-,68,69,70,71,72,73). The van der Waals surface area contributed by atoms with Gasteiger partial charge in [0, 0.05) is 85.0 Å². The van der Waals surface area contributed by atoms with E-state index in [2.05, 4.69) is 50.8 Å². The number of benzene rings is 3. The zero-order chi connectivity index (χ0) is 58.9.